The maximum Gasteiger partial charge on any atom is 0.317 e. The predicted octanol–water partition coefficient (Wildman–Crippen LogP) is 4.15. The average Bonchev–Trinajstić information content (AvgIpc) is 2.52. The number of aromatic hydroxyl groups is 1. The topological polar surface area (TPSA) is 55.2 Å². The summed E-state index contributed by atoms with van der Waals surface area (Å²) in [6, 6.07) is 11.4. The van der Waals surface area contributed by atoms with E-state index in [0.717, 1.165) is 15.7 Å². The van der Waals surface area contributed by atoms with E-state index in [1.54, 1.807) is 6.07 Å². The van der Waals surface area contributed by atoms with Gasteiger partial charge in [-0.05, 0) is 17.5 Å². The molecule has 0 spiro atoms. The van der Waals surface area contributed by atoms with Gasteiger partial charge < -0.3 is 9.84 Å². The first kappa shape index (κ1) is 14.0. The Bertz CT molecular complexity index is 811. The van der Waals surface area contributed by atoms with Crippen molar-refractivity contribution in [3.05, 3.63) is 47.6 Å². The molecule has 0 bridgehead atoms. The number of phenols is 1. The molecule has 106 valence electrons. The predicted molar refractivity (Wildman–Crippen MR) is 83.3 cm³/mol. The van der Waals surface area contributed by atoms with Gasteiger partial charge in [-0.25, -0.2) is 4.98 Å². The molecule has 3 rings (SSSR count). The van der Waals surface area contributed by atoms with E-state index in [4.69, 9.17) is 16.3 Å². The second-order valence-corrected chi connectivity index (χ2v) is 5.68. The molecule has 0 saturated heterocycles. The molecule has 21 heavy (non-hydrogen) atoms. The van der Waals surface area contributed by atoms with Crippen molar-refractivity contribution < 1.29 is 9.84 Å². The van der Waals surface area contributed by atoms with Crippen LogP contribution in [0.4, 0.5) is 0 Å². The molecule has 1 heterocycles. The molecular weight excluding hydrogens is 308 g/mol. The monoisotopic (exact) mass is 318 g/mol. The number of fused-ring (bicyclic) bond motifs is 1. The first-order valence-corrected chi connectivity index (χ1v) is 7.33. The molecule has 0 saturated carbocycles. The fourth-order valence-corrected chi connectivity index (χ4v) is 3.07. The van der Waals surface area contributed by atoms with Gasteiger partial charge in [-0.1, -0.05) is 47.6 Å². The van der Waals surface area contributed by atoms with E-state index in [2.05, 4.69) is 9.97 Å². The summed E-state index contributed by atoms with van der Waals surface area (Å²) in [5.41, 5.74) is 0. The first-order valence-electron chi connectivity index (χ1n) is 6.14. The van der Waals surface area contributed by atoms with Gasteiger partial charge in [-0.3, -0.25) is 0 Å². The van der Waals surface area contributed by atoms with Crippen LogP contribution in [-0.2, 0) is 0 Å². The van der Waals surface area contributed by atoms with Crippen molar-refractivity contribution in [2.24, 2.45) is 0 Å². The van der Waals surface area contributed by atoms with E-state index in [1.807, 2.05) is 30.3 Å². The zero-order chi connectivity index (χ0) is 14.8. The smallest absolute Gasteiger partial charge is 0.317 e. The molecule has 4 nitrogen and oxygen atoms in total. The van der Waals surface area contributed by atoms with Crippen LogP contribution in [0.2, 0.25) is 5.02 Å². The molecule has 0 amide bonds. The van der Waals surface area contributed by atoms with Crippen LogP contribution in [-0.4, -0.2) is 22.2 Å². The number of methoxy groups -OCH3 is 1. The average molecular weight is 319 g/mol. The number of nitrogens with zero attached hydrogens (tertiary/aromatic N) is 2. The summed E-state index contributed by atoms with van der Waals surface area (Å²) >= 11 is 7.54. The van der Waals surface area contributed by atoms with Gasteiger partial charge in [0.1, 0.15) is 10.8 Å². The second kappa shape index (κ2) is 5.79. The van der Waals surface area contributed by atoms with E-state index in [0.29, 0.717) is 10.0 Å². The number of hydrogen-bond donors (Lipinski definition) is 1. The molecule has 1 N–H and O–H groups in total. The highest BCUT2D eigenvalue weighted by atomic mass is 35.5. The van der Waals surface area contributed by atoms with Crippen LogP contribution in [0.3, 0.4) is 0 Å². The Morgan fingerprint density at radius 3 is 2.67 bits per heavy atom. The van der Waals surface area contributed by atoms with E-state index in [9.17, 15) is 5.11 Å². The third-order valence-electron chi connectivity index (χ3n) is 2.94. The fraction of sp³-hybridized carbons (Fsp3) is 0.0667. The Kier molecular flexibility index (Phi) is 3.86. The molecule has 0 aliphatic heterocycles. The quantitative estimate of drug-likeness (QED) is 0.735. The molecule has 1 aromatic heterocycles. The van der Waals surface area contributed by atoms with Crippen molar-refractivity contribution in [1.29, 1.82) is 0 Å². The summed E-state index contributed by atoms with van der Waals surface area (Å²) in [6.45, 7) is 0. The van der Waals surface area contributed by atoms with E-state index in [1.165, 1.54) is 25.1 Å². The van der Waals surface area contributed by atoms with Gasteiger partial charge >= 0.3 is 6.01 Å². The van der Waals surface area contributed by atoms with E-state index >= 15 is 0 Å². The molecule has 2 aromatic carbocycles. The SMILES string of the molecule is COc1ncc(Cl)c(Sc2ccc(O)c3ccccc23)n1. The molecule has 0 fully saturated rings. The Balaban J connectivity index is 2.08. The van der Waals surface area contributed by atoms with Crippen LogP contribution in [0.1, 0.15) is 0 Å². The third-order valence-corrected chi connectivity index (χ3v) is 4.41. The van der Waals surface area contributed by atoms with Gasteiger partial charge in [0, 0.05) is 10.3 Å². The highest BCUT2D eigenvalue weighted by Crippen LogP contribution is 2.38. The minimum absolute atomic E-state index is 0.251. The molecule has 0 aliphatic rings. The number of ether oxygens (including phenoxy) is 1. The van der Waals surface area contributed by atoms with Crippen molar-refractivity contribution in [2.45, 2.75) is 9.92 Å². The molecule has 6 heteroatoms. The minimum atomic E-state index is 0.251. The number of rotatable bonds is 3. The lowest BCUT2D eigenvalue weighted by atomic mass is 10.1. The summed E-state index contributed by atoms with van der Waals surface area (Å²) in [5, 5.41) is 12.7. The largest absolute Gasteiger partial charge is 0.507 e. The lowest BCUT2D eigenvalue weighted by molar-refractivity contribution is 0.376. The molecule has 0 unspecified atom stereocenters. The number of benzene rings is 2. The maximum atomic E-state index is 9.92. The van der Waals surface area contributed by atoms with Gasteiger partial charge in [0.2, 0.25) is 0 Å². The first-order chi connectivity index (χ1) is 10.2. The maximum absolute atomic E-state index is 9.92. The van der Waals surface area contributed by atoms with Gasteiger partial charge in [0.05, 0.1) is 18.3 Å². The standard InChI is InChI=1S/C15H11ClN2O2S/c1-20-15-17-8-11(16)14(18-15)21-13-7-6-12(19)9-4-2-3-5-10(9)13/h2-8,19H,1H3. The van der Waals surface area contributed by atoms with Gasteiger partial charge in [0.25, 0.3) is 0 Å². The number of aromatic nitrogens is 2. The van der Waals surface area contributed by atoms with Crippen molar-refractivity contribution in [3.63, 3.8) is 0 Å². The highest BCUT2D eigenvalue weighted by Gasteiger charge is 2.11. The summed E-state index contributed by atoms with van der Waals surface area (Å²) in [6.07, 6.45) is 1.51. The number of hydrogen-bond acceptors (Lipinski definition) is 5. The highest BCUT2D eigenvalue weighted by molar-refractivity contribution is 7.99. The van der Waals surface area contributed by atoms with Gasteiger partial charge in [-0.15, -0.1) is 0 Å². The molecule has 0 aliphatic carbocycles. The molecule has 0 radical (unpaired) electrons. The number of halogens is 1. The van der Waals surface area contributed by atoms with Gasteiger partial charge in [-0.2, -0.15) is 4.98 Å². The van der Waals surface area contributed by atoms with Gasteiger partial charge in [0.15, 0.2) is 0 Å². The molecular formula is C15H11ClN2O2S. The summed E-state index contributed by atoms with van der Waals surface area (Å²) < 4.78 is 5.02. The van der Waals surface area contributed by atoms with E-state index < -0.39 is 0 Å². The van der Waals surface area contributed by atoms with E-state index in [-0.39, 0.29) is 11.8 Å². The zero-order valence-electron chi connectivity index (χ0n) is 11.1. The fourth-order valence-electron chi connectivity index (χ4n) is 1.95. The Labute approximate surface area is 130 Å². The molecule has 3 aromatic rings. The van der Waals surface area contributed by atoms with Crippen molar-refractivity contribution >= 4 is 34.1 Å². The normalized spacial score (nSPS) is 10.8. The van der Waals surface area contributed by atoms with Crippen LogP contribution in [0, 0.1) is 0 Å². The zero-order valence-corrected chi connectivity index (χ0v) is 12.6. The Hall–Kier alpha value is -1.98. The summed E-state index contributed by atoms with van der Waals surface area (Å²) in [5.74, 6) is 0.251. The van der Waals surface area contributed by atoms with Crippen molar-refractivity contribution in [1.82, 2.24) is 9.97 Å². The Morgan fingerprint density at radius 2 is 1.90 bits per heavy atom. The van der Waals surface area contributed by atoms with Crippen LogP contribution in [0.25, 0.3) is 10.8 Å². The summed E-state index contributed by atoms with van der Waals surface area (Å²) in [7, 11) is 1.51. The lowest BCUT2D eigenvalue weighted by Crippen LogP contribution is -1.93. The van der Waals surface area contributed by atoms with Crippen LogP contribution in [0.15, 0.2) is 52.5 Å². The second-order valence-electron chi connectivity index (χ2n) is 4.24. The molecule has 0 atom stereocenters. The Morgan fingerprint density at radius 1 is 1.14 bits per heavy atom. The number of phenolic OH excluding ortho intramolecular Hbond substituents is 1. The van der Waals surface area contributed by atoms with Crippen molar-refractivity contribution in [2.75, 3.05) is 7.11 Å². The van der Waals surface area contributed by atoms with Crippen LogP contribution < -0.4 is 4.74 Å². The third kappa shape index (κ3) is 2.75. The minimum Gasteiger partial charge on any atom is -0.507 e. The van der Waals surface area contributed by atoms with Crippen molar-refractivity contribution in [3.8, 4) is 11.8 Å². The van der Waals surface area contributed by atoms with Crippen LogP contribution in [0.5, 0.6) is 11.8 Å². The van der Waals surface area contributed by atoms with Crippen LogP contribution >= 0.6 is 23.4 Å². The lowest BCUT2D eigenvalue weighted by Gasteiger charge is -2.08. The summed E-state index contributed by atoms with van der Waals surface area (Å²) in [4.78, 5) is 9.16.